The van der Waals surface area contributed by atoms with Crippen molar-refractivity contribution < 1.29 is 64.2 Å². The minimum Gasteiger partial charge on any atom is -0.394 e. The molecule has 196 valence electrons. The summed E-state index contributed by atoms with van der Waals surface area (Å²) < 4.78 is 32.4. The molecule has 0 radical (unpaired) electrons. The van der Waals surface area contributed by atoms with Crippen LogP contribution in [0.1, 0.15) is 20.8 Å². The van der Waals surface area contributed by atoms with Crippen LogP contribution >= 0.6 is 0 Å². The fourth-order valence-electron chi connectivity index (χ4n) is 3.33. The van der Waals surface area contributed by atoms with Gasteiger partial charge < -0.3 is 64.2 Å². The molecule has 13 heteroatoms. The predicted octanol–water partition coefficient (Wildman–Crippen LogP) is -3.54. The SMILES string of the molecule is CC(C)(C)OCCOC1OC(COCCOC2OC(CO)C(O)C(O)C2O)C(O)C(O)C1O. The first kappa shape index (κ1) is 28.7. The Labute approximate surface area is 192 Å². The van der Waals surface area contributed by atoms with Gasteiger partial charge in [0, 0.05) is 0 Å². The Hall–Kier alpha value is -0.520. The van der Waals surface area contributed by atoms with Crippen LogP contribution < -0.4 is 0 Å². The third kappa shape index (κ3) is 8.28. The molecule has 0 aromatic carbocycles. The van der Waals surface area contributed by atoms with Gasteiger partial charge >= 0.3 is 0 Å². The van der Waals surface area contributed by atoms with E-state index in [1.165, 1.54) is 0 Å². The van der Waals surface area contributed by atoms with E-state index >= 15 is 0 Å². The Morgan fingerprint density at radius 3 is 1.64 bits per heavy atom. The first-order chi connectivity index (χ1) is 15.5. The zero-order valence-corrected chi connectivity index (χ0v) is 19.1. The maximum Gasteiger partial charge on any atom is 0.186 e. The highest BCUT2D eigenvalue weighted by atomic mass is 16.7. The van der Waals surface area contributed by atoms with Crippen LogP contribution in [0.3, 0.4) is 0 Å². The number of ether oxygens (including phenoxy) is 6. The van der Waals surface area contributed by atoms with E-state index in [0.29, 0.717) is 0 Å². The van der Waals surface area contributed by atoms with Gasteiger partial charge in [-0.15, -0.1) is 0 Å². The summed E-state index contributed by atoms with van der Waals surface area (Å²) in [6.45, 7) is 5.12. The van der Waals surface area contributed by atoms with E-state index in [9.17, 15) is 35.7 Å². The van der Waals surface area contributed by atoms with Crippen molar-refractivity contribution in [3.8, 4) is 0 Å². The fraction of sp³-hybridized carbons (Fsp3) is 1.00. The van der Waals surface area contributed by atoms with E-state index < -0.39 is 68.0 Å². The Bertz CT molecular complexity index is 557. The lowest BCUT2D eigenvalue weighted by atomic mass is 9.99. The molecule has 0 saturated carbocycles. The van der Waals surface area contributed by atoms with Crippen molar-refractivity contribution in [3.05, 3.63) is 0 Å². The Morgan fingerprint density at radius 1 is 0.636 bits per heavy atom. The van der Waals surface area contributed by atoms with Gasteiger partial charge in [-0.25, -0.2) is 0 Å². The van der Waals surface area contributed by atoms with Crippen molar-refractivity contribution in [1.29, 1.82) is 0 Å². The molecule has 7 N–H and O–H groups in total. The predicted molar refractivity (Wildman–Crippen MR) is 109 cm³/mol. The lowest BCUT2D eigenvalue weighted by molar-refractivity contribution is -0.309. The highest BCUT2D eigenvalue weighted by molar-refractivity contribution is 4.90. The second-order valence-corrected chi connectivity index (χ2v) is 8.99. The molecule has 0 spiro atoms. The average molecular weight is 487 g/mol. The molecule has 13 nitrogen and oxygen atoms in total. The van der Waals surface area contributed by atoms with E-state index in [2.05, 4.69) is 0 Å². The van der Waals surface area contributed by atoms with Crippen LogP contribution in [0.2, 0.25) is 0 Å². The van der Waals surface area contributed by atoms with Crippen molar-refractivity contribution >= 4 is 0 Å². The van der Waals surface area contributed by atoms with E-state index in [-0.39, 0.29) is 38.6 Å². The molecular formula is C20H38O13. The second kappa shape index (κ2) is 13.0. The molecule has 0 bridgehead atoms. The molecule has 2 saturated heterocycles. The minimum atomic E-state index is -1.55. The van der Waals surface area contributed by atoms with Crippen molar-refractivity contribution in [3.63, 3.8) is 0 Å². The summed E-state index contributed by atoms with van der Waals surface area (Å²) in [5.41, 5.74) is -0.362. The van der Waals surface area contributed by atoms with Gasteiger partial charge in [0.15, 0.2) is 12.6 Å². The highest BCUT2D eigenvalue weighted by Crippen LogP contribution is 2.23. The van der Waals surface area contributed by atoms with E-state index in [4.69, 9.17) is 28.4 Å². The zero-order valence-electron chi connectivity index (χ0n) is 19.1. The summed E-state index contributed by atoms with van der Waals surface area (Å²) in [7, 11) is 0. The summed E-state index contributed by atoms with van der Waals surface area (Å²) in [5.74, 6) is 0. The van der Waals surface area contributed by atoms with Crippen LogP contribution in [-0.4, -0.2) is 142 Å². The topological polar surface area (TPSA) is 197 Å². The minimum absolute atomic E-state index is 0.0365. The molecule has 10 atom stereocenters. The molecule has 2 rings (SSSR count). The third-order valence-electron chi connectivity index (χ3n) is 5.21. The van der Waals surface area contributed by atoms with Crippen molar-refractivity contribution in [1.82, 2.24) is 0 Å². The summed E-state index contributed by atoms with van der Waals surface area (Å²) >= 11 is 0. The largest absolute Gasteiger partial charge is 0.394 e. The van der Waals surface area contributed by atoms with Crippen LogP contribution in [-0.2, 0) is 28.4 Å². The molecule has 2 fully saturated rings. The van der Waals surface area contributed by atoms with E-state index in [1.54, 1.807) is 0 Å². The van der Waals surface area contributed by atoms with E-state index in [1.807, 2.05) is 20.8 Å². The van der Waals surface area contributed by atoms with Crippen LogP contribution in [0.15, 0.2) is 0 Å². The number of aliphatic hydroxyl groups excluding tert-OH is 7. The number of hydrogen-bond acceptors (Lipinski definition) is 13. The van der Waals surface area contributed by atoms with Gasteiger partial charge in [0.05, 0.1) is 45.2 Å². The Balaban J connectivity index is 1.73. The fourth-order valence-corrected chi connectivity index (χ4v) is 3.33. The van der Waals surface area contributed by atoms with Crippen LogP contribution in [0.5, 0.6) is 0 Å². The molecule has 0 aliphatic carbocycles. The third-order valence-corrected chi connectivity index (χ3v) is 5.21. The van der Waals surface area contributed by atoms with Crippen molar-refractivity contribution in [2.45, 2.75) is 87.8 Å². The highest BCUT2D eigenvalue weighted by Gasteiger charge is 2.45. The monoisotopic (exact) mass is 486 g/mol. The standard InChI is InChI=1S/C20H38O13/c1-20(2,3)31-7-6-30-19-17(27)15(25)13(23)11(33-19)9-28-4-5-29-18-16(26)14(24)12(22)10(8-21)32-18/h10-19,21-27H,4-9H2,1-3H3. The molecule has 2 heterocycles. The molecule has 0 aromatic heterocycles. The van der Waals surface area contributed by atoms with Gasteiger partial charge in [0.25, 0.3) is 0 Å². The first-order valence-electron chi connectivity index (χ1n) is 10.9. The lowest BCUT2D eigenvalue weighted by Crippen LogP contribution is -2.59. The maximum atomic E-state index is 10.2. The lowest BCUT2D eigenvalue weighted by Gasteiger charge is -2.40. The summed E-state index contributed by atoms with van der Waals surface area (Å²) in [6.07, 6.45) is -13.5. The van der Waals surface area contributed by atoms with Crippen LogP contribution in [0.25, 0.3) is 0 Å². The molecular weight excluding hydrogens is 448 g/mol. The Kier molecular flexibility index (Phi) is 11.3. The molecule has 0 aromatic rings. The molecule has 10 unspecified atom stereocenters. The normalized spacial score (nSPS) is 40.2. The Morgan fingerprint density at radius 2 is 1.12 bits per heavy atom. The van der Waals surface area contributed by atoms with Gasteiger partial charge in [0.2, 0.25) is 0 Å². The molecule has 33 heavy (non-hydrogen) atoms. The molecule has 2 aliphatic heterocycles. The summed E-state index contributed by atoms with van der Waals surface area (Å²) in [5, 5.41) is 68.9. The van der Waals surface area contributed by atoms with Crippen molar-refractivity contribution in [2.24, 2.45) is 0 Å². The number of hydrogen-bond donors (Lipinski definition) is 7. The molecule has 2 aliphatic rings. The number of rotatable bonds is 11. The summed E-state index contributed by atoms with van der Waals surface area (Å²) in [6, 6.07) is 0. The average Bonchev–Trinajstić information content (AvgIpc) is 2.76. The van der Waals surface area contributed by atoms with Gasteiger partial charge in [-0.2, -0.15) is 0 Å². The second-order valence-electron chi connectivity index (χ2n) is 8.99. The van der Waals surface area contributed by atoms with E-state index in [0.717, 1.165) is 0 Å². The number of aliphatic hydroxyl groups is 7. The maximum absolute atomic E-state index is 10.2. The van der Waals surface area contributed by atoms with Crippen LogP contribution in [0.4, 0.5) is 0 Å². The first-order valence-corrected chi connectivity index (χ1v) is 10.9. The zero-order chi connectivity index (χ0) is 24.8. The summed E-state index contributed by atoms with van der Waals surface area (Å²) in [4.78, 5) is 0. The van der Waals surface area contributed by atoms with Crippen LogP contribution in [0, 0.1) is 0 Å². The van der Waals surface area contributed by atoms with Gasteiger partial charge in [-0.3, -0.25) is 0 Å². The molecule has 0 amide bonds. The van der Waals surface area contributed by atoms with Gasteiger partial charge in [0.1, 0.15) is 48.8 Å². The van der Waals surface area contributed by atoms with Crippen molar-refractivity contribution in [2.75, 3.05) is 39.6 Å². The smallest absolute Gasteiger partial charge is 0.186 e. The van der Waals surface area contributed by atoms with Gasteiger partial charge in [-0.1, -0.05) is 0 Å². The quantitative estimate of drug-likeness (QED) is 0.142. The van der Waals surface area contributed by atoms with Gasteiger partial charge in [-0.05, 0) is 20.8 Å².